The Balaban J connectivity index is 1.49. The van der Waals surface area contributed by atoms with Gasteiger partial charge in [0.05, 0.1) is 28.4 Å². The van der Waals surface area contributed by atoms with Crippen LogP contribution >= 0.6 is 11.6 Å². The lowest BCUT2D eigenvalue weighted by Crippen LogP contribution is -2.03. The zero-order valence-electron chi connectivity index (χ0n) is 15.5. The molecule has 0 atom stereocenters. The summed E-state index contributed by atoms with van der Waals surface area (Å²) in [6.07, 6.45) is 3.02. The van der Waals surface area contributed by atoms with Gasteiger partial charge in [0.2, 0.25) is 5.95 Å². The number of nitrogens with two attached hydrogens (primary N) is 1. The van der Waals surface area contributed by atoms with E-state index in [0.717, 1.165) is 33.5 Å². The summed E-state index contributed by atoms with van der Waals surface area (Å²) in [6, 6.07) is 9.99. The fourth-order valence-electron chi connectivity index (χ4n) is 3.04. The summed E-state index contributed by atoms with van der Waals surface area (Å²) in [5, 5.41) is 3.78. The van der Waals surface area contributed by atoms with E-state index < -0.39 is 0 Å². The van der Waals surface area contributed by atoms with Crippen LogP contribution in [0.25, 0.3) is 11.0 Å². The van der Waals surface area contributed by atoms with E-state index in [1.165, 1.54) is 12.4 Å². The maximum atomic E-state index is 5.83. The first-order valence-electron chi connectivity index (χ1n) is 8.72. The first-order chi connectivity index (χ1) is 13.5. The lowest BCUT2D eigenvalue weighted by Gasteiger charge is -2.13. The lowest BCUT2D eigenvalue weighted by atomic mass is 10.1. The summed E-state index contributed by atoms with van der Waals surface area (Å²) in [5.41, 5.74) is 11.4. The number of anilines is 2. The topological polar surface area (TPSA) is 102 Å². The molecule has 0 bridgehead atoms. The van der Waals surface area contributed by atoms with Crippen LogP contribution in [0.1, 0.15) is 16.7 Å². The van der Waals surface area contributed by atoms with Crippen LogP contribution in [0, 0.1) is 13.8 Å². The monoisotopic (exact) mass is 394 g/mol. The zero-order chi connectivity index (χ0) is 19.7. The van der Waals surface area contributed by atoms with Crippen molar-refractivity contribution in [2.24, 2.45) is 0 Å². The number of rotatable bonds is 5. The zero-order valence-corrected chi connectivity index (χ0v) is 16.2. The van der Waals surface area contributed by atoms with Crippen molar-refractivity contribution in [1.82, 2.24) is 19.9 Å². The van der Waals surface area contributed by atoms with Gasteiger partial charge in [-0.15, -0.1) is 0 Å². The van der Waals surface area contributed by atoms with Crippen molar-refractivity contribution >= 4 is 34.3 Å². The minimum atomic E-state index is 0.267. The number of aryl methyl sites for hydroxylation is 2. The molecule has 7 nitrogen and oxygen atoms in total. The molecule has 0 saturated carbocycles. The average Bonchev–Trinajstić information content (AvgIpc) is 3.06. The Hall–Kier alpha value is -3.32. The van der Waals surface area contributed by atoms with Crippen LogP contribution in [0.5, 0.6) is 11.8 Å². The van der Waals surface area contributed by atoms with Gasteiger partial charge in [-0.05, 0) is 48.7 Å². The summed E-state index contributed by atoms with van der Waals surface area (Å²) in [6.45, 7) is 4.60. The summed E-state index contributed by atoms with van der Waals surface area (Å²) in [4.78, 5) is 15.9. The molecule has 4 N–H and O–H groups in total. The molecule has 4 rings (SSSR count). The Bertz CT molecular complexity index is 1120. The maximum absolute atomic E-state index is 5.83. The van der Waals surface area contributed by atoms with Crippen LogP contribution in [0.15, 0.2) is 42.7 Å². The fraction of sp³-hybridized carbons (Fsp3) is 0.150. The van der Waals surface area contributed by atoms with E-state index in [4.69, 9.17) is 22.1 Å². The number of aromatic amines is 1. The molecule has 0 saturated heterocycles. The molecule has 0 amide bonds. The van der Waals surface area contributed by atoms with Gasteiger partial charge < -0.3 is 20.8 Å². The molecule has 0 fully saturated rings. The molecule has 0 radical (unpaired) electrons. The normalized spacial score (nSPS) is 11.0. The summed E-state index contributed by atoms with van der Waals surface area (Å²) in [7, 11) is 0. The van der Waals surface area contributed by atoms with Gasteiger partial charge in [-0.3, -0.25) is 0 Å². The van der Waals surface area contributed by atoms with E-state index in [2.05, 4.69) is 37.4 Å². The Morgan fingerprint density at radius 3 is 2.54 bits per heavy atom. The molecule has 2 heterocycles. The van der Waals surface area contributed by atoms with Crippen LogP contribution in [0.4, 0.5) is 11.6 Å². The van der Waals surface area contributed by atoms with Crippen LogP contribution in [-0.2, 0) is 6.54 Å². The molecule has 0 spiro atoms. The largest absolute Gasteiger partial charge is 0.424 e. The van der Waals surface area contributed by atoms with E-state index in [-0.39, 0.29) is 6.01 Å². The Morgan fingerprint density at radius 2 is 1.82 bits per heavy atom. The number of nitrogens with zero attached hydrogens (tertiary/aromatic N) is 3. The Morgan fingerprint density at radius 1 is 1.11 bits per heavy atom. The van der Waals surface area contributed by atoms with Gasteiger partial charge >= 0.3 is 6.01 Å². The second-order valence-electron chi connectivity index (χ2n) is 6.56. The lowest BCUT2D eigenvalue weighted by molar-refractivity contribution is 0.435. The van der Waals surface area contributed by atoms with Crippen LogP contribution in [0.3, 0.4) is 0 Å². The Kier molecular flexibility index (Phi) is 4.75. The van der Waals surface area contributed by atoms with E-state index in [9.17, 15) is 0 Å². The third-order valence-corrected chi connectivity index (χ3v) is 4.47. The number of imidazole rings is 1. The number of hydrogen-bond acceptors (Lipinski definition) is 6. The van der Waals surface area contributed by atoms with Gasteiger partial charge in [0, 0.05) is 12.2 Å². The molecule has 4 aromatic rings. The quantitative estimate of drug-likeness (QED) is 0.427. The third kappa shape index (κ3) is 3.84. The summed E-state index contributed by atoms with van der Waals surface area (Å²) in [5.74, 6) is 1.44. The van der Waals surface area contributed by atoms with Crippen molar-refractivity contribution in [3.63, 3.8) is 0 Å². The van der Waals surface area contributed by atoms with Gasteiger partial charge in [0.25, 0.3) is 0 Å². The average molecular weight is 395 g/mol. The number of ether oxygens (including phenoxy) is 1. The third-order valence-electron chi connectivity index (χ3n) is 4.28. The number of halogens is 1. The molecule has 0 aliphatic rings. The second kappa shape index (κ2) is 7.36. The number of fused-ring (bicyclic) bond motifs is 1. The molecule has 0 unspecified atom stereocenters. The molecule has 2 aromatic heterocycles. The van der Waals surface area contributed by atoms with E-state index >= 15 is 0 Å². The van der Waals surface area contributed by atoms with Crippen molar-refractivity contribution in [2.45, 2.75) is 20.4 Å². The van der Waals surface area contributed by atoms with E-state index in [1.807, 2.05) is 32.0 Å². The van der Waals surface area contributed by atoms with Crippen molar-refractivity contribution in [3.8, 4) is 11.8 Å². The number of aromatic nitrogens is 4. The molecule has 8 heteroatoms. The first-order valence-corrected chi connectivity index (χ1v) is 9.10. The highest BCUT2D eigenvalue weighted by Gasteiger charge is 2.10. The van der Waals surface area contributed by atoms with Gasteiger partial charge in [-0.1, -0.05) is 23.7 Å². The van der Waals surface area contributed by atoms with Crippen molar-refractivity contribution in [3.05, 3.63) is 64.4 Å². The number of H-pyrrole nitrogens is 1. The van der Waals surface area contributed by atoms with Gasteiger partial charge in [-0.2, -0.15) is 0 Å². The summed E-state index contributed by atoms with van der Waals surface area (Å²) >= 11 is 5.82. The van der Waals surface area contributed by atoms with Crippen LogP contribution in [0.2, 0.25) is 5.02 Å². The molecular formula is C20H19ClN6O. The standard InChI is InChI=1S/C20H19ClN6O/c1-11-5-13(6-12(2)18(11)28-20-24-9-14(21)10-25-20)8-23-19-26-16-4-3-15(22)7-17(16)27-19/h3-7,9-10H,8,22H2,1-2H3,(H2,23,26,27). The minimum Gasteiger partial charge on any atom is -0.424 e. The SMILES string of the molecule is Cc1cc(CNc2nc3ccc(N)cc3[nH]2)cc(C)c1Oc1ncc(Cl)cn1. The number of hydrogen-bond donors (Lipinski definition) is 3. The number of nitrogens with one attached hydrogen (secondary N) is 2. The Labute approximate surface area is 166 Å². The molecule has 0 aliphatic heterocycles. The molecule has 142 valence electrons. The molecule has 28 heavy (non-hydrogen) atoms. The van der Waals surface area contributed by atoms with E-state index in [1.54, 1.807) is 0 Å². The fourth-order valence-corrected chi connectivity index (χ4v) is 3.14. The van der Waals surface area contributed by atoms with Crippen LogP contribution < -0.4 is 15.8 Å². The molecular weight excluding hydrogens is 376 g/mol. The van der Waals surface area contributed by atoms with Crippen molar-refractivity contribution in [1.29, 1.82) is 0 Å². The highest BCUT2D eigenvalue weighted by atomic mass is 35.5. The van der Waals surface area contributed by atoms with Crippen molar-refractivity contribution in [2.75, 3.05) is 11.1 Å². The van der Waals surface area contributed by atoms with E-state index in [0.29, 0.717) is 23.2 Å². The molecule has 2 aromatic carbocycles. The van der Waals surface area contributed by atoms with Gasteiger partial charge in [-0.25, -0.2) is 15.0 Å². The highest BCUT2D eigenvalue weighted by Crippen LogP contribution is 2.29. The highest BCUT2D eigenvalue weighted by molar-refractivity contribution is 6.30. The van der Waals surface area contributed by atoms with Crippen molar-refractivity contribution < 1.29 is 4.74 Å². The van der Waals surface area contributed by atoms with Gasteiger partial charge in [0.15, 0.2) is 0 Å². The predicted molar refractivity (Wildman–Crippen MR) is 111 cm³/mol. The first kappa shape index (κ1) is 18.1. The molecule has 0 aliphatic carbocycles. The minimum absolute atomic E-state index is 0.267. The second-order valence-corrected chi connectivity index (χ2v) is 7.00. The van der Waals surface area contributed by atoms with Crippen LogP contribution in [-0.4, -0.2) is 19.9 Å². The predicted octanol–water partition coefficient (Wildman–Crippen LogP) is 4.61. The smallest absolute Gasteiger partial charge is 0.321 e. The number of benzene rings is 2. The van der Waals surface area contributed by atoms with Gasteiger partial charge in [0.1, 0.15) is 5.75 Å². The maximum Gasteiger partial charge on any atom is 0.321 e. The number of nitrogen functional groups attached to an aromatic ring is 1. The summed E-state index contributed by atoms with van der Waals surface area (Å²) < 4.78 is 5.83.